The predicted molar refractivity (Wildman–Crippen MR) is 77.8 cm³/mol. The van der Waals surface area contributed by atoms with Gasteiger partial charge in [-0.15, -0.1) is 0 Å². The first-order chi connectivity index (χ1) is 9.61. The van der Waals surface area contributed by atoms with Gasteiger partial charge in [0.05, 0.1) is 0 Å². The summed E-state index contributed by atoms with van der Waals surface area (Å²) in [5.41, 5.74) is 0. The monoisotopic (exact) mass is 296 g/mol. The van der Waals surface area contributed by atoms with Gasteiger partial charge >= 0.3 is 0 Å². The van der Waals surface area contributed by atoms with E-state index in [1.807, 2.05) is 18.1 Å². The normalized spacial score (nSPS) is 17.1. The van der Waals surface area contributed by atoms with E-state index in [0.717, 1.165) is 24.5 Å². The third kappa shape index (κ3) is 3.56. The summed E-state index contributed by atoms with van der Waals surface area (Å²) in [5, 5.41) is 3.54. The number of amides is 2. The van der Waals surface area contributed by atoms with Gasteiger partial charge in [-0.1, -0.05) is 11.8 Å². The highest BCUT2D eigenvalue weighted by Gasteiger charge is 2.23. The molecule has 0 spiro atoms. The summed E-state index contributed by atoms with van der Waals surface area (Å²) in [6, 6.07) is 3.46. The van der Waals surface area contributed by atoms with E-state index < -0.39 is 0 Å². The molecule has 2 heterocycles. The molecule has 0 radical (unpaired) electrons. The summed E-state index contributed by atoms with van der Waals surface area (Å²) >= 11 is 1.45. The third-order valence-electron chi connectivity index (χ3n) is 3.46. The van der Waals surface area contributed by atoms with Crippen molar-refractivity contribution in [2.45, 2.75) is 37.3 Å². The molecule has 2 amide bonds. The van der Waals surface area contributed by atoms with Crippen molar-refractivity contribution in [2.75, 3.05) is 19.3 Å². The molecule has 1 aliphatic rings. The molecule has 5 nitrogen and oxygen atoms in total. The molecular formula is C14H20N2O3S. The fraction of sp³-hybridized carbons (Fsp3) is 0.571. The molecule has 1 aromatic heterocycles. The Labute approximate surface area is 123 Å². The number of carbonyl (C=O) groups excluding carboxylic acids is 2. The quantitative estimate of drug-likeness (QED) is 0.846. The number of hydrogen-bond acceptors (Lipinski definition) is 4. The lowest BCUT2D eigenvalue weighted by Gasteiger charge is -2.32. The van der Waals surface area contributed by atoms with Crippen molar-refractivity contribution >= 4 is 23.6 Å². The van der Waals surface area contributed by atoms with E-state index in [0.29, 0.717) is 18.7 Å². The van der Waals surface area contributed by atoms with Crippen LogP contribution in [0.25, 0.3) is 0 Å². The number of carbonyl (C=O) groups is 2. The van der Waals surface area contributed by atoms with Crippen LogP contribution in [0.3, 0.4) is 0 Å². The largest absolute Gasteiger partial charge is 0.445 e. The van der Waals surface area contributed by atoms with Gasteiger partial charge < -0.3 is 14.6 Å². The summed E-state index contributed by atoms with van der Waals surface area (Å²) in [5.74, 6) is 0.258. The number of nitrogens with one attached hydrogen (secondary N) is 1. The van der Waals surface area contributed by atoms with E-state index in [2.05, 4.69) is 5.32 Å². The Bertz CT molecular complexity index is 487. The number of hydrogen-bond donors (Lipinski definition) is 1. The molecule has 1 N–H and O–H groups in total. The minimum Gasteiger partial charge on any atom is -0.445 e. The molecule has 0 aliphatic carbocycles. The fourth-order valence-corrected chi connectivity index (χ4v) is 2.66. The molecular weight excluding hydrogens is 276 g/mol. The molecule has 20 heavy (non-hydrogen) atoms. The molecule has 2 rings (SSSR count). The van der Waals surface area contributed by atoms with Gasteiger partial charge in [-0.05, 0) is 38.2 Å². The molecule has 1 saturated heterocycles. The van der Waals surface area contributed by atoms with Crippen LogP contribution in [0.2, 0.25) is 0 Å². The zero-order chi connectivity index (χ0) is 14.5. The van der Waals surface area contributed by atoms with Crippen molar-refractivity contribution < 1.29 is 14.0 Å². The van der Waals surface area contributed by atoms with Crippen LogP contribution in [-0.2, 0) is 4.79 Å². The average Bonchev–Trinajstić information content (AvgIpc) is 2.94. The van der Waals surface area contributed by atoms with Gasteiger partial charge in [0, 0.05) is 25.6 Å². The summed E-state index contributed by atoms with van der Waals surface area (Å²) in [6.07, 6.45) is 4.52. The van der Waals surface area contributed by atoms with E-state index in [4.69, 9.17) is 4.42 Å². The topological polar surface area (TPSA) is 62.6 Å². The number of piperidine rings is 1. The second kappa shape index (κ2) is 6.83. The molecule has 0 saturated carbocycles. The maximum Gasteiger partial charge on any atom is 0.287 e. The van der Waals surface area contributed by atoms with E-state index in [1.165, 1.54) is 11.8 Å². The molecule has 1 aromatic rings. The van der Waals surface area contributed by atoms with Gasteiger partial charge in [-0.2, -0.15) is 0 Å². The van der Waals surface area contributed by atoms with Crippen LogP contribution in [-0.4, -0.2) is 42.1 Å². The number of nitrogens with zero attached hydrogens (tertiary/aromatic N) is 1. The highest BCUT2D eigenvalue weighted by molar-refractivity contribution is 7.98. The molecule has 1 atom stereocenters. The number of furan rings is 1. The van der Waals surface area contributed by atoms with Crippen LogP contribution < -0.4 is 5.32 Å². The predicted octanol–water partition coefficient (Wildman–Crippen LogP) is 2.13. The third-order valence-corrected chi connectivity index (χ3v) is 4.08. The van der Waals surface area contributed by atoms with E-state index in [9.17, 15) is 9.59 Å². The Morgan fingerprint density at radius 3 is 2.95 bits per heavy atom. The average molecular weight is 296 g/mol. The van der Waals surface area contributed by atoms with Crippen LogP contribution in [0.15, 0.2) is 21.6 Å². The van der Waals surface area contributed by atoms with Gasteiger partial charge in [0.1, 0.15) is 0 Å². The van der Waals surface area contributed by atoms with Crippen molar-refractivity contribution in [3.05, 3.63) is 17.9 Å². The Morgan fingerprint density at radius 2 is 2.30 bits per heavy atom. The van der Waals surface area contributed by atoms with Crippen LogP contribution in [0.5, 0.6) is 0 Å². The van der Waals surface area contributed by atoms with Gasteiger partial charge in [0.15, 0.2) is 10.9 Å². The molecule has 0 aromatic carbocycles. The van der Waals surface area contributed by atoms with Gasteiger partial charge in [0.25, 0.3) is 5.91 Å². The molecule has 1 aliphatic heterocycles. The maximum absolute atomic E-state index is 11.9. The first kappa shape index (κ1) is 15.0. The Hall–Kier alpha value is -1.43. The lowest BCUT2D eigenvalue weighted by Crippen LogP contribution is -2.47. The second-order valence-electron chi connectivity index (χ2n) is 4.93. The van der Waals surface area contributed by atoms with Crippen LogP contribution in [0.4, 0.5) is 0 Å². The zero-order valence-corrected chi connectivity index (χ0v) is 12.7. The summed E-state index contributed by atoms with van der Waals surface area (Å²) in [7, 11) is 0. The van der Waals surface area contributed by atoms with E-state index in [-0.39, 0.29) is 17.9 Å². The molecule has 1 unspecified atom stereocenters. The van der Waals surface area contributed by atoms with Crippen molar-refractivity contribution in [3.8, 4) is 0 Å². The minimum atomic E-state index is -0.235. The van der Waals surface area contributed by atoms with Crippen LogP contribution in [0.1, 0.15) is 36.7 Å². The van der Waals surface area contributed by atoms with Crippen molar-refractivity contribution in [1.82, 2.24) is 10.2 Å². The molecule has 1 fully saturated rings. The zero-order valence-electron chi connectivity index (χ0n) is 11.8. The Balaban J connectivity index is 1.84. The maximum atomic E-state index is 11.9. The Morgan fingerprint density at radius 1 is 1.50 bits per heavy atom. The number of likely N-dealkylation sites (tertiary alicyclic amines) is 1. The van der Waals surface area contributed by atoms with Crippen molar-refractivity contribution in [3.63, 3.8) is 0 Å². The second-order valence-corrected chi connectivity index (χ2v) is 5.74. The van der Waals surface area contributed by atoms with Gasteiger partial charge in [-0.25, -0.2) is 0 Å². The lowest BCUT2D eigenvalue weighted by atomic mass is 10.1. The van der Waals surface area contributed by atoms with Gasteiger partial charge in [-0.3, -0.25) is 9.59 Å². The van der Waals surface area contributed by atoms with Crippen molar-refractivity contribution in [2.24, 2.45) is 0 Å². The lowest BCUT2D eigenvalue weighted by molar-refractivity contribution is -0.135. The molecule has 0 bridgehead atoms. The summed E-state index contributed by atoms with van der Waals surface area (Å²) in [6.45, 7) is 3.19. The minimum absolute atomic E-state index is 0.0155. The molecule has 110 valence electrons. The first-order valence-corrected chi connectivity index (χ1v) is 8.06. The highest BCUT2D eigenvalue weighted by Crippen LogP contribution is 2.18. The van der Waals surface area contributed by atoms with Crippen molar-refractivity contribution in [1.29, 1.82) is 0 Å². The summed E-state index contributed by atoms with van der Waals surface area (Å²) < 4.78 is 5.36. The van der Waals surface area contributed by atoms with Gasteiger partial charge in [0.2, 0.25) is 5.91 Å². The fourth-order valence-electron chi connectivity index (χ4n) is 2.28. The first-order valence-electron chi connectivity index (χ1n) is 6.83. The van der Waals surface area contributed by atoms with Crippen LogP contribution >= 0.6 is 11.8 Å². The van der Waals surface area contributed by atoms with E-state index in [1.54, 1.807) is 12.1 Å². The standard InChI is InChI=1S/C14H20N2O3S/c1-10(16-8-4-3-5-12(16)17)9-15-14(18)11-6-7-13(19-11)20-2/h6-7,10H,3-5,8-9H2,1-2H3,(H,15,18). The summed E-state index contributed by atoms with van der Waals surface area (Å²) in [4.78, 5) is 25.6. The van der Waals surface area contributed by atoms with E-state index >= 15 is 0 Å². The molecule has 6 heteroatoms. The Kier molecular flexibility index (Phi) is 5.11. The number of thioether (sulfide) groups is 1. The number of rotatable bonds is 5. The SMILES string of the molecule is CSc1ccc(C(=O)NCC(C)N2CCCCC2=O)o1. The highest BCUT2D eigenvalue weighted by atomic mass is 32.2. The van der Waals surface area contributed by atoms with Crippen LogP contribution in [0, 0.1) is 0 Å². The smallest absolute Gasteiger partial charge is 0.287 e.